The van der Waals surface area contributed by atoms with Crippen molar-refractivity contribution < 1.29 is 9.53 Å². The Morgan fingerprint density at radius 3 is 2.69 bits per heavy atom. The van der Waals surface area contributed by atoms with Crippen LogP contribution in [-0.4, -0.2) is 12.6 Å². The summed E-state index contributed by atoms with van der Waals surface area (Å²) in [5, 5.41) is 8.84. The van der Waals surface area contributed by atoms with E-state index in [-0.39, 0.29) is 12.2 Å². The predicted octanol–water partition coefficient (Wildman–Crippen LogP) is 1.88. The third-order valence-corrected chi connectivity index (χ3v) is 2.27. The Hall–Kier alpha value is -2.02. The average Bonchev–Trinajstić information content (AvgIpc) is 2.29. The summed E-state index contributed by atoms with van der Waals surface area (Å²) in [6.07, 6.45) is 0.674. The van der Waals surface area contributed by atoms with Crippen molar-refractivity contribution >= 4 is 11.7 Å². The number of benzene rings is 1. The molecule has 0 aliphatic heterocycles. The first-order valence-corrected chi connectivity index (χ1v) is 5.13. The lowest BCUT2D eigenvalue weighted by molar-refractivity contribution is 0.0527. The van der Waals surface area contributed by atoms with Crippen LogP contribution < -0.4 is 5.73 Å². The molecule has 1 rings (SSSR count). The molecule has 0 fully saturated rings. The molecule has 16 heavy (non-hydrogen) atoms. The molecule has 0 bridgehead atoms. The van der Waals surface area contributed by atoms with Crippen LogP contribution in [0, 0.1) is 11.3 Å². The van der Waals surface area contributed by atoms with Gasteiger partial charge in [0.2, 0.25) is 0 Å². The second kappa shape index (κ2) is 5.17. The number of hydrogen-bond donors (Lipinski definition) is 1. The standard InChI is InChI=1S/C12H14N2O2/c1-3-9-5-8(7-13)6-10(11(9)14)12(15)16-4-2/h5-6H,3-4,14H2,1-2H3. The van der Waals surface area contributed by atoms with Crippen LogP contribution in [0.2, 0.25) is 0 Å². The highest BCUT2D eigenvalue weighted by Gasteiger charge is 2.14. The number of carbonyl (C=O) groups is 1. The van der Waals surface area contributed by atoms with Crippen molar-refractivity contribution in [3.8, 4) is 6.07 Å². The molecule has 0 heterocycles. The van der Waals surface area contributed by atoms with Gasteiger partial charge in [0.15, 0.2) is 0 Å². The zero-order valence-electron chi connectivity index (χ0n) is 9.41. The second-order valence-corrected chi connectivity index (χ2v) is 3.28. The number of hydrogen-bond acceptors (Lipinski definition) is 4. The molecule has 0 aromatic heterocycles. The van der Waals surface area contributed by atoms with Gasteiger partial charge in [-0.15, -0.1) is 0 Å². The first kappa shape index (κ1) is 12.1. The van der Waals surface area contributed by atoms with Crippen LogP contribution in [0.3, 0.4) is 0 Å². The number of rotatable bonds is 3. The van der Waals surface area contributed by atoms with E-state index in [1.807, 2.05) is 13.0 Å². The topological polar surface area (TPSA) is 76.1 Å². The van der Waals surface area contributed by atoms with Crippen molar-refractivity contribution in [3.05, 3.63) is 28.8 Å². The van der Waals surface area contributed by atoms with Crippen LogP contribution in [0.25, 0.3) is 0 Å². The van der Waals surface area contributed by atoms with E-state index in [2.05, 4.69) is 0 Å². The van der Waals surface area contributed by atoms with Crippen molar-refractivity contribution in [3.63, 3.8) is 0 Å². The van der Waals surface area contributed by atoms with E-state index in [0.29, 0.717) is 17.7 Å². The van der Waals surface area contributed by atoms with E-state index in [4.69, 9.17) is 15.7 Å². The van der Waals surface area contributed by atoms with Gasteiger partial charge in [-0.1, -0.05) is 6.92 Å². The molecule has 2 N–H and O–H groups in total. The fourth-order valence-electron chi connectivity index (χ4n) is 1.45. The van der Waals surface area contributed by atoms with Crippen LogP contribution in [0.5, 0.6) is 0 Å². The first-order chi connectivity index (χ1) is 7.63. The van der Waals surface area contributed by atoms with Gasteiger partial charge in [-0.05, 0) is 31.0 Å². The zero-order chi connectivity index (χ0) is 12.1. The number of nitrogens with two attached hydrogens (primary N) is 1. The molecule has 0 radical (unpaired) electrons. The molecule has 84 valence electrons. The van der Waals surface area contributed by atoms with Gasteiger partial charge in [0.25, 0.3) is 0 Å². The molecule has 1 aromatic rings. The molecule has 4 nitrogen and oxygen atoms in total. The van der Waals surface area contributed by atoms with E-state index >= 15 is 0 Å². The van der Waals surface area contributed by atoms with E-state index < -0.39 is 5.97 Å². The normalized spacial score (nSPS) is 9.56. The summed E-state index contributed by atoms with van der Waals surface area (Å²) in [6, 6.07) is 5.16. The predicted molar refractivity (Wildman–Crippen MR) is 60.9 cm³/mol. The first-order valence-electron chi connectivity index (χ1n) is 5.13. The van der Waals surface area contributed by atoms with Crippen molar-refractivity contribution in [2.45, 2.75) is 20.3 Å². The minimum atomic E-state index is -0.480. The Kier molecular flexibility index (Phi) is 3.90. The van der Waals surface area contributed by atoms with Crippen molar-refractivity contribution in [1.82, 2.24) is 0 Å². The third-order valence-electron chi connectivity index (χ3n) is 2.27. The van der Waals surface area contributed by atoms with Crippen molar-refractivity contribution in [2.24, 2.45) is 0 Å². The molecular formula is C12H14N2O2. The van der Waals surface area contributed by atoms with Crippen LogP contribution in [0.15, 0.2) is 12.1 Å². The molecule has 0 aliphatic rings. The third kappa shape index (κ3) is 2.31. The maximum absolute atomic E-state index is 11.6. The average molecular weight is 218 g/mol. The summed E-state index contributed by atoms with van der Waals surface area (Å²) in [6.45, 7) is 3.93. The smallest absolute Gasteiger partial charge is 0.340 e. The Labute approximate surface area is 94.6 Å². The lowest BCUT2D eigenvalue weighted by Gasteiger charge is -2.09. The lowest BCUT2D eigenvalue weighted by atomic mass is 10.0. The SMILES string of the molecule is CCOC(=O)c1cc(C#N)cc(CC)c1N. The quantitative estimate of drug-likeness (QED) is 0.620. The molecule has 0 amide bonds. The lowest BCUT2D eigenvalue weighted by Crippen LogP contribution is -2.10. The van der Waals surface area contributed by atoms with Crippen LogP contribution in [-0.2, 0) is 11.2 Å². The van der Waals surface area contributed by atoms with Crippen LogP contribution >= 0.6 is 0 Å². The van der Waals surface area contributed by atoms with Crippen LogP contribution in [0.1, 0.15) is 35.3 Å². The van der Waals surface area contributed by atoms with Gasteiger partial charge in [-0.25, -0.2) is 4.79 Å². The molecule has 0 saturated carbocycles. The minimum absolute atomic E-state index is 0.276. The molecule has 4 heteroatoms. The highest BCUT2D eigenvalue weighted by Crippen LogP contribution is 2.21. The molecule has 0 unspecified atom stereocenters. The maximum Gasteiger partial charge on any atom is 0.340 e. The number of nitriles is 1. The van der Waals surface area contributed by atoms with Crippen LogP contribution in [0.4, 0.5) is 5.69 Å². The highest BCUT2D eigenvalue weighted by molar-refractivity contribution is 5.96. The van der Waals surface area contributed by atoms with E-state index in [0.717, 1.165) is 5.56 Å². The summed E-state index contributed by atoms with van der Waals surface area (Å²) in [5.41, 5.74) is 7.74. The van der Waals surface area contributed by atoms with Crippen molar-refractivity contribution in [1.29, 1.82) is 5.26 Å². The Bertz CT molecular complexity index is 447. The molecule has 1 aromatic carbocycles. The zero-order valence-corrected chi connectivity index (χ0v) is 9.41. The summed E-state index contributed by atoms with van der Waals surface area (Å²) in [7, 11) is 0. The van der Waals surface area contributed by atoms with Gasteiger partial charge in [0, 0.05) is 5.69 Å². The number of esters is 1. The Balaban J connectivity index is 3.27. The number of nitrogens with zero attached hydrogens (tertiary/aromatic N) is 1. The fourth-order valence-corrected chi connectivity index (χ4v) is 1.45. The number of carbonyl (C=O) groups excluding carboxylic acids is 1. The van der Waals surface area contributed by atoms with Gasteiger partial charge < -0.3 is 10.5 Å². The summed E-state index contributed by atoms with van der Waals surface area (Å²) >= 11 is 0. The minimum Gasteiger partial charge on any atom is -0.462 e. The van der Waals surface area contributed by atoms with E-state index in [1.54, 1.807) is 13.0 Å². The Morgan fingerprint density at radius 1 is 1.50 bits per heavy atom. The van der Waals surface area contributed by atoms with Gasteiger partial charge in [-0.3, -0.25) is 0 Å². The molecule has 0 atom stereocenters. The molecule has 0 aliphatic carbocycles. The van der Waals surface area contributed by atoms with Gasteiger partial charge in [0.1, 0.15) is 0 Å². The van der Waals surface area contributed by atoms with E-state index in [1.165, 1.54) is 6.07 Å². The highest BCUT2D eigenvalue weighted by atomic mass is 16.5. The summed E-state index contributed by atoms with van der Waals surface area (Å²) in [4.78, 5) is 11.6. The van der Waals surface area contributed by atoms with Gasteiger partial charge >= 0.3 is 5.97 Å². The largest absolute Gasteiger partial charge is 0.462 e. The molecule has 0 spiro atoms. The van der Waals surface area contributed by atoms with Gasteiger partial charge in [0.05, 0.1) is 23.8 Å². The summed E-state index contributed by atoms with van der Waals surface area (Å²) in [5.74, 6) is -0.480. The van der Waals surface area contributed by atoms with Gasteiger partial charge in [-0.2, -0.15) is 5.26 Å². The number of anilines is 1. The molecular weight excluding hydrogens is 204 g/mol. The maximum atomic E-state index is 11.6. The fraction of sp³-hybridized carbons (Fsp3) is 0.333. The van der Waals surface area contributed by atoms with Crippen molar-refractivity contribution in [2.75, 3.05) is 12.3 Å². The monoisotopic (exact) mass is 218 g/mol. The second-order valence-electron chi connectivity index (χ2n) is 3.28. The number of nitrogen functional groups attached to an aromatic ring is 1. The molecule has 0 saturated heterocycles. The number of ether oxygens (including phenoxy) is 1. The Morgan fingerprint density at radius 2 is 2.19 bits per heavy atom. The number of aryl methyl sites for hydroxylation is 1. The van der Waals surface area contributed by atoms with E-state index in [9.17, 15) is 4.79 Å². The summed E-state index contributed by atoms with van der Waals surface area (Å²) < 4.78 is 4.88.